The van der Waals surface area contributed by atoms with Crippen LogP contribution < -0.4 is 15.2 Å². The summed E-state index contributed by atoms with van der Waals surface area (Å²) in [5, 5.41) is 0. The molecule has 0 aliphatic heterocycles. The number of hydrogen-bond donors (Lipinski definition) is 1. The molecule has 0 fully saturated rings. The highest BCUT2D eigenvalue weighted by Gasteiger charge is 2.00. The molecule has 0 aliphatic rings. The van der Waals surface area contributed by atoms with Gasteiger partial charge < -0.3 is 15.2 Å². The van der Waals surface area contributed by atoms with Crippen molar-refractivity contribution in [3.8, 4) is 11.8 Å². The van der Waals surface area contributed by atoms with E-state index in [1.165, 1.54) is 19.5 Å². The van der Waals surface area contributed by atoms with Crippen LogP contribution in [0.4, 0.5) is 4.79 Å². The first-order valence-corrected chi connectivity index (χ1v) is 3.05. The van der Waals surface area contributed by atoms with Gasteiger partial charge in [0.25, 0.3) is 0 Å². The van der Waals surface area contributed by atoms with Crippen LogP contribution in [0.25, 0.3) is 0 Å². The Bertz CT molecular complexity index is 272. The van der Waals surface area contributed by atoms with Crippen molar-refractivity contribution >= 4 is 6.09 Å². The summed E-state index contributed by atoms with van der Waals surface area (Å²) in [5.41, 5.74) is 4.72. The van der Waals surface area contributed by atoms with Crippen LogP contribution in [0.5, 0.6) is 11.8 Å². The van der Waals surface area contributed by atoms with Gasteiger partial charge in [0.2, 0.25) is 0 Å². The standard InChI is InChI=1S/C6H7N3O3/c1-11-4-2-8-6(9-3-4)12-5(7)10/h2-3H,1H3,(H2,7,10). The molecule has 1 rings (SSSR count). The van der Waals surface area contributed by atoms with Gasteiger partial charge in [-0.05, 0) is 0 Å². The Labute approximate surface area is 68.3 Å². The Morgan fingerprint density at radius 1 is 1.50 bits per heavy atom. The molecule has 1 aromatic rings. The minimum atomic E-state index is -0.944. The highest BCUT2D eigenvalue weighted by atomic mass is 16.6. The predicted molar refractivity (Wildman–Crippen MR) is 38.8 cm³/mol. The van der Waals surface area contributed by atoms with Crippen LogP contribution in [-0.4, -0.2) is 23.2 Å². The number of methoxy groups -OCH3 is 1. The van der Waals surface area contributed by atoms with Gasteiger partial charge in [0, 0.05) is 0 Å². The molecule has 0 bridgehead atoms. The van der Waals surface area contributed by atoms with Crippen LogP contribution >= 0.6 is 0 Å². The van der Waals surface area contributed by atoms with Crippen molar-refractivity contribution < 1.29 is 14.3 Å². The quantitative estimate of drug-likeness (QED) is 0.670. The predicted octanol–water partition coefficient (Wildman–Crippen LogP) is -0.0573. The maximum Gasteiger partial charge on any atom is 0.412 e. The monoisotopic (exact) mass is 169 g/mol. The summed E-state index contributed by atoms with van der Waals surface area (Å²) < 4.78 is 9.15. The summed E-state index contributed by atoms with van der Waals surface area (Å²) in [6, 6.07) is -0.0942. The smallest absolute Gasteiger partial charge is 0.412 e. The van der Waals surface area contributed by atoms with E-state index in [1.807, 2.05) is 0 Å². The lowest BCUT2D eigenvalue weighted by molar-refractivity contribution is 0.206. The molecular formula is C6H7N3O3. The van der Waals surface area contributed by atoms with Crippen LogP contribution in [0.1, 0.15) is 0 Å². The zero-order chi connectivity index (χ0) is 8.97. The second-order valence-corrected chi connectivity index (χ2v) is 1.83. The van der Waals surface area contributed by atoms with Crippen molar-refractivity contribution in [3.05, 3.63) is 12.4 Å². The molecule has 0 aliphatic carbocycles. The maximum atomic E-state index is 10.2. The third-order valence-electron chi connectivity index (χ3n) is 1.03. The molecule has 0 aromatic carbocycles. The highest BCUT2D eigenvalue weighted by Crippen LogP contribution is 2.08. The lowest BCUT2D eigenvalue weighted by atomic mass is 10.6. The molecule has 0 atom stereocenters. The van der Waals surface area contributed by atoms with E-state index in [4.69, 9.17) is 10.5 Å². The van der Waals surface area contributed by atoms with E-state index in [-0.39, 0.29) is 6.01 Å². The van der Waals surface area contributed by atoms with Crippen LogP contribution in [0.2, 0.25) is 0 Å². The molecule has 2 N–H and O–H groups in total. The van der Waals surface area contributed by atoms with Gasteiger partial charge in [-0.2, -0.15) is 9.97 Å². The number of carbonyl (C=O) groups excluding carboxylic acids is 1. The molecule has 0 spiro atoms. The summed E-state index contributed by atoms with van der Waals surface area (Å²) in [6.07, 6.45) is 1.79. The highest BCUT2D eigenvalue weighted by molar-refractivity contribution is 5.66. The molecule has 0 saturated heterocycles. The largest absolute Gasteiger partial charge is 0.494 e. The van der Waals surface area contributed by atoms with Gasteiger partial charge in [0.05, 0.1) is 19.5 Å². The summed E-state index contributed by atoms with van der Waals surface area (Å²) in [5.74, 6) is 0.479. The average molecular weight is 169 g/mol. The van der Waals surface area contributed by atoms with E-state index in [0.29, 0.717) is 5.75 Å². The Balaban J connectivity index is 2.71. The van der Waals surface area contributed by atoms with Crippen molar-refractivity contribution in [1.29, 1.82) is 0 Å². The Morgan fingerprint density at radius 2 is 2.08 bits per heavy atom. The van der Waals surface area contributed by atoms with Gasteiger partial charge in [0.1, 0.15) is 0 Å². The zero-order valence-corrected chi connectivity index (χ0v) is 6.35. The Morgan fingerprint density at radius 3 is 2.50 bits per heavy atom. The number of primary amides is 1. The van der Waals surface area contributed by atoms with Gasteiger partial charge in [-0.3, -0.25) is 0 Å². The number of ether oxygens (including phenoxy) is 2. The fourth-order valence-corrected chi connectivity index (χ4v) is 0.552. The number of amides is 1. The summed E-state index contributed by atoms with van der Waals surface area (Å²) >= 11 is 0. The lowest BCUT2D eigenvalue weighted by Gasteiger charge is -1.99. The minimum Gasteiger partial charge on any atom is -0.494 e. The first kappa shape index (κ1) is 8.25. The van der Waals surface area contributed by atoms with Crippen LogP contribution in [-0.2, 0) is 0 Å². The number of nitrogens with zero attached hydrogens (tertiary/aromatic N) is 2. The normalized spacial score (nSPS) is 9.08. The summed E-state index contributed by atoms with van der Waals surface area (Å²) in [7, 11) is 1.48. The first-order chi connectivity index (χ1) is 5.72. The average Bonchev–Trinajstić information content (AvgIpc) is 2.05. The second kappa shape index (κ2) is 3.51. The van der Waals surface area contributed by atoms with Gasteiger partial charge in [-0.15, -0.1) is 0 Å². The van der Waals surface area contributed by atoms with Crippen LogP contribution in [0, 0.1) is 0 Å². The van der Waals surface area contributed by atoms with Crippen molar-refractivity contribution in [2.45, 2.75) is 0 Å². The van der Waals surface area contributed by atoms with Gasteiger partial charge in [-0.25, -0.2) is 4.79 Å². The molecule has 1 amide bonds. The SMILES string of the molecule is COc1cnc(OC(N)=O)nc1. The second-order valence-electron chi connectivity index (χ2n) is 1.83. The number of hydrogen-bond acceptors (Lipinski definition) is 5. The van der Waals surface area contributed by atoms with Gasteiger partial charge in [0.15, 0.2) is 5.75 Å². The first-order valence-electron chi connectivity index (χ1n) is 3.05. The van der Waals surface area contributed by atoms with Gasteiger partial charge >= 0.3 is 12.1 Å². The number of rotatable bonds is 2. The van der Waals surface area contributed by atoms with Crippen LogP contribution in [0.15, 0.2) is 12.4 Å². The van der Waals surface area contributed by atoms with Gasteiger partial charge in [-0.1, -0.05) is 0 Å². The fourth-order valence-electron chi connectivity index (χ4n) is 0.552. The van der Waals surface area contributed by atoms with Crippen LogP contribution in [0.3, 0.4) is 0 Å². The van der Waals surface area contributed by atoms with Crippen molar-refractivity contribution in [2.75, 3.05) is 7.11 Å². The summed E-state index contributed by atoms with van der Waals surface area (Å²) in [6.45, 7) is 0. The molecule has 0 saturated carbocycles. The topological polar surface area (TPSA) is 87.3 Å². The molecular weight excluding hydrogens is 162 g/mol. The fraction of sp³-hybridized carbons (Fsp3) is 0.167. The van der Waals surface area contributed by atoms with E-state index in [9.17, 15) is 4.79 Å². The summed E-state index contributed by atoms with van der Waals surface area (Å²) in [4.78, 5) is 17.5. The molecule has 12 heavy (non-hydrogen) atoms. The molecule has 64 valence electrons. The third kappa shape index (κ3) is 2.08. The van der Waals surface area contributed by atoms with E-state index in [0.717, 1.165) is 0 Å². The Hall–Kier alpha value is -1.85. The molecule has 0 unspecified atom stereocenters. The number of carbonyl (C=O) groups is 1. The third-order valence-corrected chi connectivity index (χ3v) is 1.03. The molecule has 6 nitrogen and oxygen atoms in total. The molecule has 1 heterocycles. The maximum absolute atomic E-state index is 10.2. The van der Waals surface area contributed by atoms with Crippen molar-refractivity contribution in [3.63, 3.8) is 0 Å². The molecule has 1 aromatic heterocycles. The lowest BCUT2D eigenvalue weighted by Crippen LogP contribution is -2.17. The Kier molecular flexibility index (Phi) is 2.42. The van der Waals surface area contributed by atoms with E-state index in [1.54, 1.807) is 0 Å². The number of nitrogens with two attached hydrogens (primary N) is 1. The number of aromatic nitrogens is 2. The zero-order valence-electron chi connectivity index (χ0n) is 6.35. The van der Waals surface area contributed by atoms with Crippen molar-refractivity contribution in [2.24, 2.45) is 5.73 Å². The minimum absolute atomic E-state index is 0.0942. The van der Waals surface area contributed by atoms with Crippen molar-refractivity contribution in [1.82, 2.24) is 9.97 Å². The molecule has 0 radical (unpaired) electrons. The molecule has 6 heteroatoms. The van der Waals surface area contributed by atoms with E-state index in [2.05, 4.69) is 14.7 Å². The van der Waals surface area contributed by atoms with E-state index < -0.39 is 6.09 Å². The van der Waals surface area contributed by atoms with E-state index >= 15 is 0 Å².